The number of rotatable bonds is 6. The maximum atomic E-state index is 13.9. The van der Waals surface area contributed by atoms with Crippen LogP contribution in [0.1, 0.15) is 28.7 Å². The van der Waals surface area contributed by atoms with E-state index in [1.54, 1.807) is 48.5 Å². The minimum absolute atomic E-state index is 0.0790. The number of likely N-dealkylation sites (tertiary alicyclic amines) is 1. The zero-order valence-electron chi connectivity index (χ0n) is 22.0. The van der Waals surface area contributed by atoms with E-state index in [9.17, 15) is 14.4 Å². The van der Waals surface area contributed by atoms with Gasteiger partial charge in [-0.2, -0.15) is 0 Å². The van der Waals surface area contributed by atoms with Crippen LogP contribution in [0.5, 0.6) is 11.5 Å². The van der Waals surface area contributed by atoms with Gasteiger partial charge < -0.3 is 10.1 Å². The Morgan fingerprint density at radius 2 is 1.14 bits per heavy atom. The van der Waals surface area contributed by atoms with Gasteiger partial charge in [-0.1, -0.05) is 60.1 Å². The number of nitrogens with zero attached hydrogens (tertiary/aromatic N) is 1. The van der Waals surface area contributed by atoms with E-state index in [0.29, 0.717) is 22.2 Å². The molecule has 4 aromatic rings. The topological polar surface area (TPSA) is 75.7 Å². The molecule has 8 rings (SSSR count). The fraction of sp³-hybridized carbons (Fsp3) is 0.182. The Balaban J connectivity index is 1.08. The van der Waals surface area contributed by atoms with E-state index < -0.39 is 33.4 Å². The molecule has 0 spiro atoms. The molecular weight excluding hydrogens is 595 g/mol. The highest BCUT2D eigenvalue weighted by Crippen LogP contribution is 2.69. The first kappa shape index (κ1) is 27.0. The molecule has 0 radical (unpaired) electrons. The summed E-state index contributed by atoms with van der Waals surface area (Å²) < 4.78 is 5.79. The highest BCUT2D eigenvalue weighted by molar-refractivity contribution is 6.36. The number of ether oxygens (including phenoxy) is 1. The quantitative estimate of drug-likeness (QED) is 0.186. The molecule has 3 aliphatic carbocycles. The van der Waals surface area contributed by atoms with Crippen molar-refractivity contribution in [3.8, 4) is 11.5 Å². The van der Waals surface area contributed by atoms with Gasteiger partial charge >= 0.3 is 0 Å². The summed E-state index contributed by atoms with van der Waals surface area (Å²) in [4.78, 5) is 39.3. The summed E-state index contributed by atoms with van der Waals surface area (Å²) in [7, 11) is 0. The van der Waals surface area contributed by atoms with E-state index in [-0.39, 0.29) is 18.9 Å². The first-order chi connectivity index (χ1) is 20.2. The van der Waals surface area contributed by atoms with Gasteiger partial charge in [-0.25, -0.2) is 0 Å². The lowest BCUT2D eigenvalue weighted by Gasteiger charge is -2.54. The molecule has 2 bridgehead atoms. The van der Waals surface area contributed by atoms with Gasteiger partial charge in [0, 0.05) is 23.7 Å². The van der Waals surface area contributed by atoms with Gasteiger partial charge in [-0.05, 0) is 70.8 Å². The third-order valence-electron chi connectivity index (χ3n) is 8.43. The van der Waals surface area contributed by atoms with Crippen molar-refractivity contribution >= 4 is 58.2 Å². The molecular formula is C33H23Cl3N2O4. The molecule has 210 valence electrons. The molecule has 4 aromatic carbocycles. The average Bonchev–Trinajstić information content (AvgIpc) is 3.27. The van der Waals surface area contributed by atoms with Crippen LogP contribution in [-0.4, -0.2) is 29.2 Å². The summed E-state index contributed by atoms with van der Waals surface area (Å²) in [6.45, 7) is -0.0825. The number of imide groups is 1. The molecule has 1 aliphatic heterocycles. The van der Waals surface area contributed by atoms with Gasteiger partial charge in [0.15, 0.2) is 0 Å². The molecule has 1 N–H and O–H groups in total. The van der Waals surface area contributed by atoms with Gasteiger partial charge in [-0.15, -0.1) is 23.2 Å². The second-order valence-electron chi connectivity index (χ2n) is 10.7. The lowest BCUT2D eigenvalue weighted by atomic mass is 9.54. The third kappa shape index (κ3) is 3.89. The highest BCUT2D eigenvalue weighted by Gasteiger charge is 2.72. The van der Waals surface area contributed by atoms with E-state index in [2.05, 4.69) is 5.32 Å². The summed E-state index contributed by atoms with van der Waals surface area (Å²) in [6.07, 6.45) is -0.0790. The second kappa shape index (κ2) is 9.87. The molecule has 3 amide bonds. The Labute approximate surface area is 257 Å². The first-order valence-corrected chi connectivity index (χ1v) is 14.6. The van der Waals surface area contributed by atoms with Crippen LogP contribution in [0.15, 0.2) is 97.1 Å². The summed E-state index contributed by atoms with van der Waals surface area (Å²) in [5.41, 5.74) is 3.52. The van der Waals surface area contributed by atoms with Gasteiger partial charge in [0.2, 0.25) is 17.7 Å². The van der Waals surface area contributed by atoms with Crippen LogP contribution in [0.2, 0.25) is 5.02 Å². The minimum atomic E-state index is -1.24. The summed E-state index contributed by atoms with van der Waals surface area (Å²) in [5, 5.41) is 3.43. The van der Waals surface area contributed by atoms with E-state index in [4.69, 9.17) is 39.5 Å². The number of hydrogen-bond acceptors (Lipinski definition) is 4. The van der Waals surface area contributed by atoms with Crippen molar-refractivity contribution in [2.45, 2.75) is 16.2 Å². The van der Waals surface area contributed by atoms with Crippen LogP contribution in [0.3, 0.4) is 0 Å². The predicted octanol–water partition coefficient (Wildman–Crippen LogP) is 7.05. The molecule has 42 heavy (non-hydrogen) atoms. The summed E-state index contributed by atoms with van der Waals surface area (Å²) in [6, 6.07) is 28.8. The third-order valence-corrected chi connectivity index (χ3v) is 9.96. The number of anilines is 1. The van der Waals surface area contributed by atoms with Crippen LogP contribution in [0.4, 0.5) is 5.69 Å². The molecule has 4 aliphatic rings. The van der Waals surface area contributed by atoms with Crippen molar-refractivity contribution in [2.24, 2.45) is 11.8 Å². The van der Waals surface area contributed by atoms with Crippen LogP contribution in [-0.2, 0) is 24.1 Å². The maximum Gasteiger partial charge on any atom is 0.235 e. The Morgan fingerprint density at radius 1 is 0.714 bits per heavy atom. The largest absolute Gasteiger partial charge is 0.457 e. The van der Waals surface area contributed by atoms with Crippen molar-refractivity contribution in [1.82, 2.24) is 4.90 Å². The van der Waals surface area contributed by atoms with Crippen molar-refractivity contribution in [3.63, 3.8) is 0 Å². The van der Waals surface area contributed by atoms with Crippen molar-refractivity contribution in [3.05, 3.63) is 124 Å². The molecule has 2 atom stereocenters. The molecule has 0 unspecified atom stereocenters. The lowest BCUT2D eigenvalue weighted by molar-refractivity contribution is -0.140. The molecule has 0 aromatic heterocycles. The zero-order chi connectivity index (χ0) is 29.2. The van der Waals surface area contributed by atoms with Gasteiger partial charge in [-0.3, -0.25) is 19.3 Å². The van der Waals surface area contributed by atoms with Gasteiger partial charge in [0.05, 0.1) is 11.8 Å². The summed E-state index contributed by atoms with van der Waals surface area (Å²) >= 11 is 20.8. The number of amides is 3. The molecule has 9 heteroatoms. The normalized spacial score (nSPS) is 25.1. The van der Waals surface area contributed by atoms with E-state index in [1.807, 2.05) is 48.5 Å². The number of benzene rings is 4. The number of carbonyl (C=O) groups is 3. The van der Waals surface area contributed by atoms with Gasteiger partial charge in [0.1, 0.15) is 21.2 Å². The lowest BCUT2D eigenvalue weighted by Crippen LogP contribution is -2.57. The monoisotopic (exact) mass is 616 g/mol. The van der Waals surface area contributed by atoms with E-state index in [1.165, 1.54) is 0 Å². The number of alkyl halides is 2. The average molecular weight is 618 g/mol. The number of nitrogens with one attached hydrogen (secondary N) is 1. The number of carbonyl (C=O) groups excluding carboxylic acids is 3. The van der Waals surface area contributed by atoms with Crippen molar-refractivity contribution in [2.75, 3.05) is 11.9 Å². The van der Waals surface area contributed by atoms with Gasteiger partial charge in [0.25, 0.3) is 0 Å². The van der Waals surface area contributed by atoms with Crippen molar-refractivity contribution in [1.29, 1.82) is 0 Å². The smallest absolute Gasteiger partial charge is 0.235 e. The number of hydrogen-bond donors (Lipinski definition) is 1. The van der Waals surface area contributed by atoms with Crippen LogP contribution < -0.4 is 10.1 Å². The maximum absolute atomic E-state index is 13.9. The zero-order valence-corrected chi connectivity index (χ0v) is 24.3. The van der Waals surface area contributed by atoms with E-state index >= 15 is 0 Å². The number of halogens is 3. The minimum Gasteiger partial charge on any atom is -0.457 e. The Hall–Kier alpha value is -3.84. The van der Waals surface area contributed by atoms with E-state index in [0.717, 1.165) is 27.2 Å². The van der Waals surface area contributed by atoms with Crippen LogP contribution in [0, 0.1) is 11.8 Å². The Morgan fingerprint density at radius 3 is 1.60 bits per heavy atom. The van der Waals surface area contributed by atoms with Crippen molar-refractivity contribution < 1.29 is 19.1 Å². The molecule has 6 nitrogen and oxygen atoms in total. The fourth-order valence-corrected chi connectivity index (χ4v) is 7.85. The van der Waals surface area contributed by atoms with Crippen LogP contribution in [0.25, 0.3) is 0 Å². The molecule has 1 fully saturated rings. The predicted molar refractivity (Wildman–Crippen MR) is 161 cm³/mol. The first-order valence-electron chi connectivity index (χ1n) is 13.5. The van der Waals surface area contributed by atoms with Crippen LogP contribution >= 0.6 is 34.8 Å². The molecule has 1 heterocycles. The second-order valence-corrected chi connectivity index (χ2v) is 12.3. The summed E-state index contributed by atoms with van der Waals surface area (Å²) in [5.74, 6) is -1.71. The SMILES string of the molecule is O=C(CCN1C(=O)[C@@H]2[C@@H](C1=O)C1(Cl)c3ccccc3C2(Cl)c2ccccc21)Nc1ccc(Oc2ccc(Cl)cc2)cc1. The standard InChI is InChI=1S/C33H23Cl3N2O4/c34-19-9-13-21(14-10-19)42-22-15-11-20(12-16-22)37-27(39)17-18-38-30(40)28-29(31(38)41)33(36)24-6-2-1-5-23(24)32(28,35)25-7-3-4-8-26(25)33/h1-16,28-29H,17-18H2,(H,37,39)/t28-,29-,32?,33?/m0/s1. The highest BCUT2D eigenvalue weighted by atomic mass is 35.5. The Bertz CT molecular complexity index is 1630. The fourth-order valence-electron chi connectivity index (χ4n) is 6.63. The molecule has 1 saturated heterocycles. The Kier molecular flexibility index (Phi) is 6.35. The molecule has 0 saturated carbocycles.